The number of sulfonamides is 1. The van der Waals surface area contributed by atoms with Gasteiger partial charge in [0.25, 0.3) is 0 Å². The SMILES string of the molecule is Cc1ccc(S(=O)(=O)N[C@@H](C)c2ccc(F)cc2)cc1. The van der Waals surface area contributed by atoms with E-state index in [0.29, 0.717) is 5.56 Å². The zero-order valence-corrected chi connectivity index (χ0v) is 12.1. The molecule has 0 aliphatic rings. The minimum absolute atomic E-state index is 0.220. The first kappa shape index (κ1) is 14.7. The fourth-order valence-electron chi connectivity index (χ4n) is 1.84. The van der Waals surface area contributed by atoms with Gasteiger partial charge in [0, 0.05) is 6.04 Å². The van der Waals surface area contributed by atoms with Crippen molar-refractivity contribution in [1.29, 1.82) is 0 Å². The Morgan fingerprint density at radius 2 is 1.55 bits per heavy atom. The van der Waals surface area contributed by atoms with Gasteiger partial charge in [0.05, 0.1) is 4.90 Å². The summed E-state index contributed by atoms with van der Waals surface area (Å²) in [6.07, 6.45) is 0. The number of halogens is 1. The van der Waals surface area contributed by atoms with Crippen LogP contribution in [0.15, 0.2) is 53.4 Å². The molecule has 0 heterocycles. The Bertz CT molecular complexity index is 679. The Morgan fingerprint density at radius 3 is 2.10 bits per heavy atom. The second-order valence-corrected chi connectivity index (χ2v) is 6.42. The van der Waals surface area contributed by atoms with E-state index >= 15 is 0 Å². The summed E-state index contributed by atoms with van der Waals surface area (Å²) in [7, 11) is -3.58. The molecule has 0 aliphatic heterocycles. The highest BCUT2D eigenvalue weighted by molar-refractivity contribution is 7.89. The molecule has 3 nitrogen and oxygen atoms in total. The van der Waals surface area contributed by atoms with Gasteiger partial charge in [-0.1, -0.05) is 29.8 Å². The highest BCUT2D eigenvalue weighted by Gasteiger charge is 2.18. The summed E-state index contributed by atoms with van der Waals surface area (Å²) in [5.41, 5.74) is 1.71. The van der Waals surface area contributed by atoms with Crippen molar-refractivity contribution < 1.29 is 12.8 Å². The van der Waals surface area contributed by atoms with Gasteiger partial charge in [-0.15, -0.1) is 0 Å². The molecule has 0 fully saturated rings. The molecule has 0 saturated carbocycles. The first-order valence-corrected chi connectivity index (χ1v) is 7.71. The molecule has 1 N–H and O–H groups in total. The van der Waals surface area contributed by atoms with E-state index in [0.717, 1.165) is 5.56 Å². The third-order valence-electron chi connectivity index (χ3n) is 3.03. The fraction of sp³-hybridized carbons (Fsp3) is 0.200. The summed E-state index contributed by atoms with van der Waals surface area (Å²) >= 11 is 0. The molecule has 2 rings (SSSR count). The quantitative estimate of drug-likeness (QED) is 0.941. The van der Waals surface area contributed by atoms with Gasteiger partial charge in [-0.3, -0.25) is 0 Å². The maximum absolute atomic E-state index is 12.9. The van der Waals surface area contributed by atoms with Crippen LogP contribution in [0.3, 0.4) is 0 Å². The summed E-state index contributed by atoms with van der Waals surface area (Å²) in [6, 6.07) is 12.0. The molecule has 0 radical (unpaired) electrons. The molecule has 20 heavy (non-hydrogen) atoms. The normalized spacial score (nSPS) is 13.2. The maximum atomic E-state index is 12.9. The third-order valence-corrected chi connectivity index (χ3v) is 4.59. The molecule has 106 valence electrons. The number of nitrogens with one attached hydrogen (secondary N) is 1. The van der Waals surface area contributed by atoms with Crippen LogP contribution in [0.2, 0.25) is 0 Å². The van der Waals surface area contributed by atoms with Gasteiger partial charge in [0.1, 0.15) is 5.82 Å². The number of hydrogen-bond acceptors (Lipinski definition) is 2. The van der Waals surface area contributed by atoms with Crippen molar-refractivity contribution in [2.45, 2.75) is 24.8 Å². The van der Waals surface area contributed by atoms with Crippen LogP contribution in [0.4, 0.5) is 4.39 Å². The van der Waals surface area contributed by atoms with Gasteiger partial charge in [-0.2, -0.15) is 0 Å². The lowest BCUT2D eigenvalue weighted by molar-refractivity contribution is 0.566. The first-order valence-electron chi connectivity index (χ1n) is 6.23. The number of benzene rings is 2. The molecule has 0 aromatic heterocycles. The number of hydrogen-bond donors (Lipinski definition) is 1. The van der Waals surface area contributed by atoms with Crippen molar-refractivity contribution in [2.24, 2.45) is 0 Å². The van der Waals surface area contributed by atoms with Gasteiger partial charge in [-0.25, -0.2) is 17.5 Å². The van der Waals surface area contributed by atoms with Gasteiger partial charge in [0.15, 0.2) is 0 Å². The second kappa shape index (κ2) is 5.73. The molecule has 1 atom stereocenters. The van der Waals surface area contributed by atoms with Gasteiger partial charge < -0.3 is 0 Å². The largest absolute Gasteiger partial charge is 0.241 e. The van der Waals surface area contributed by atoms with Gasteiger partial charge in [0.2, 0.25) is 10.0 Å². The van der Waals surface area contributed by atoms with E-state index in [4.69, 9.17) is 0 Å². The van der Waals surface area contributed by atoms with Crippen LogP contribution < -0.4 is 4.72 Å². The maximum Gasteiger partial charge on any atom is 0.241 e. The lowest BCUT2D eigenvalue weighted by Crippen LogP contribution is -2.26. The molecule has 5 heteroatoms. The predicted octanol–water partition coefficient (Wildman–Crippen LogP) is 3.17. The monoisotopic (exact) mass is 293 g/mol. The van der Waals surface area contributed by atoms with E-state index in [9.17, 15) is 12.8 Å². The lowest BCUT2D eigenvalue weighted by Gasteiger charge is -2.14. The predicted molar refractivity (Wildman–Crippen MR) is 76.3 cm³/mol. The van der Waals surface area contributed by atoms with Crippen molar-refractivity contribution in [2.75, 3.05) is 0 Å². The Hall–Kier alpha value is -1.72. The average Bonchev–Trinajstić information content (AvgIpc) is 2.39. The summed E-state index contributed by atoms with van der Waals surface area (Å²) in [4.78, 5) is 0.220. The van der Waals surface area contributed by atoms with E-state index in [-0.39, 0.29) is 10.7 Å². The Balaban J connectivity index is 2.19. The molecule has 2 aromatic carbocycles. The zero-order chi connectivity index (χ0) is 14.8. The lowest BCUT2D eigenvalue weighted by atomic mass is 10.1. The van der Waals surface area contributed by atoms with E-state index < -0.39 is 16.1 Å². The highest BCUT2D eigenvalue weighted by atomic mass is 32.2. The number of aryl methyl sites for hydroxylation is 1. The van der Waals surface area contributed by atoms with Crippen LogP contribution in [0.25, 0.3) is 0 Å². The van der Waals surface area contributed by atoms with Crippen LogP contribution in [-0.4, -0.2) is 8.42 Å². The Kier molecular flexibility index (Phi) is 4.20. The van der Waals surface area contributed by atoms with Gasteiger partial charge in [-0.05, 0) is 43.7 Å². The Morgan fingerprint density at radius 1 is 1.00 bits per heavy atom. The minimum Gasteiger partial charge on any atom is -0.207 e. The van der Waals surface area contributed by atoms with E-state index in [2.05, 4.69) is 4.72 Å². The van der Waals surface area contributed by atoms with Crippen LogP contribution >= 0.6 is 0 Å². The minimum atomic E-state index is -3.58. The van der Waals surface area contributed by atoms with E-state index in [1.165, 1.54) is 12.1 Å². The molecular formula is C15H16FNO2S. The van der Waals surface area contributed by atoms with Crippen molar-refractivity contribution >= 4 is 10.0 Å². The zero-order valence-electron chi connectivity index (χ0n) is 11.3. The third kappa shape index (κ3) is 3.43. The Labute approximate surface area is 118 Å². The van der Waals surface area contributed by atoms with Crippen molar-refractivity contribution in [3.8, 4) is 0 Å². The molecule has 2 aromatic rings. The van der Waals surface area contributed by atoms with Gasteiger partial charge >= 0.3 is 0 Å². The fourth-order valence-corrected chi connectivity index (χ4v) is 3.07. The molecule has 0 amide bonds. The topological polar surface area (TPSA) is 46.2 Å². The molecular weight excluding hydrogens is 277 g/mol. The molecule has 0 saturated heterocycles. The summed E-state index contributed by atoms with van der Waals surface area (Å²) in [6.45, 7) is 3.62. The van der Waals surface area contributed by atoms with Crippen molar-refractivity contribution in [3.63, 3.8) is 0 Å². The van der Waals surface area contributed by atoms with E-state index in [1.54, 1.807) is 43.3 Å². The van der Waals surface area contributed by atoms with Crippen molar-refractivity contribution in [1.82, 2.24) is 4.72 Å². The van der Waals surface area contributed by atoms with Crippen LogP contribution in [0, 0.1) is 12.7 Å². The average molecular weight is 293 g/mol. The smallest absolute Gasteiger partial charge is 0.207 e. The second-order valence-electron chi connectivity index (χ2n) is 4.71. The van der Waals surface area contributed by atoms with Crippen LogP contribution in [0.1, 0.15) is 24.1 Å². The highest BCUT2D eigenvalue weighted by Crippen LogP contribution is 2.17. The molecule has 0 bridgehead atoms. The standard InChI is InChI=1S/C15H16FNO2S/c1-11-3-9-15(10-4-11)20(18,19)17-12(2)13-5-7-14(16)8-6-13/h3-10,12,17H,1-2H3/t12-/m0/s1. The molecule has 0 spiro atoms. The van der Waals surface area contributed by atoms with Crippen LogP contribution in [0.5, 0.6) is 0 Å². The van der Waals surface area contributed by atoms with E-state index in [1.807, 2.05) is 6.92 Å². The summed E-state index contributed by atoms with van der Waals surface area (Å²) in [5.74, 6) is -0.345. The van der Waals surface area contributed by atoms with Crippen molar-refractivity contribution in [3.05, 3.63) is 65.5 Å². The molecule has 0 aliphatic carbocycles. The molecule has 0 unspecified atom stereocenters. The number of rotatable bonds is 4. The summed E-state index contributed by atoms with van der Waals surface area (Å²) in [5, 5.41) is 0. The first-order chi connectivity index (χ1) is 9.38. The summed E-state index contributed by atoms with van der Waals surface area (Å²) < 4.78 is 39.8. The van der Waals surface area contributed by atoms with Crippen LogP contribution in [-0.2, 0) is 10.0 Å².